The smallest absolute Gasteiger partial charge is 0.270 e. The fourth-order valence-electron chi connectivity index (χ4n) is 2.47. The van der Waals surface area contributed by atoms with Crippen molar-refractivity contribution in [2.75, 3.05) is 16.4 Å². The second-order valence-corrected chi connectivity index (χ2v) is 9.30. The molecular formula is C17H11N7O5S3. The van der Waals surface area contributed by atoms with E-state index in [0.29, 0.717) is 30.5 Å². The average molecular weight is 490 g/mol. The third kappa shape index (κ3) is 5.13. The van der Waals surface area contributed by atoms with E-state index in [9.17, 15) is 25.0 Å². The van der Waals surface area contributed by atoms with Gasteiger partial charge >= 0.3 is 0 Å². The van der Waals surface area contributed by atoms with Crippen LogP contribution in [0.5, 0.6) is 0 Å². The first-order chi connectivity index (χ1) is 15.4. The lowest BCUT2D eigenvalue weighted by molar-refractivity contribution is -0.385. The van der Waals surface area contributed by atoms with Gasteiger partial charge in [0.05, 0.1) is 25.8 Å². The molecule has 1 amide bonds. The average Bonchev–Trinajstić information content (AvgIpc) is 3.38. The van der Waals surface area contributed by atoms with E-state index < -0.39 is 9.85 Å². The van der Waals surface area contributed by atoms with Crippen LogP contribution < -0.4 is 10.6 Å². The first-order valence-electron chi connectivity index (χ1n) is 8.70. The van der Waals surface area contributed by atoms with Gasteiger partial charge in [0, 0.05) is 30.0 Å². The quantitative estimate of drug-likeness (QED) is 0.205. The van der Waals surface area contributed by atoms with Gasteiger partial charge in [-0.15, -0.1) is 10.2 Å². The highest BCUT2D eigenvalue weighted by atomic mass is 32.2. The Morgan fingerprint density at radius 1 is 0.969 bits per heavy atom. The summed E-state index contributed by atoms with van der Waals surface area (Å²) in [5, 5.41) is 36.1. The summed E-state index contributed by atoms with van der Waals surface area (Å²) >= 11 is 3.58. The van der Waals surface area contributed by atoms with Crippen LogP contribution in [0.15, 0.2) is 46.8 Å². The van der Waals surface area contributed by atoms with E-state index in [1.807, 2.05) is 0 Å². The Balaban J connectivity index is 1.31. The van der Waals surface area contributed by atoms with E-state index in [-0.39, 0.29) is 23.0 Å². The van der Waals surface area contributed by atoms with Crippen LogP contribution in [-0.2, 0) is 4.79 Å². The van der Waals surface area contributed by atoms with Crippen LogP contribution in [0.1, 0.15) is 0 Å². The number of amides is 1. The van der Waals surface area contributed by atoms with Crippen LogP contribution in [0.2, 0.25) is 0 Å². The number of carbonyl (C=O) groups excluding carboxylic acids is 1. The minimum absolute atomic E-state index is 0.0126. The molecular weight excluding hydrogens is 478 g/mol. The number of hydrogen-bond donors (Lipinski definition) is 2. The maximum absolute atomic E-state index is 12.2. The Morgan fingerprint density at radius 2 is 1.69 bits per heavy atom. The number of rotatable bonds is 8. The van der Waals surface area contributed by atoms with Crippen molar-refractivity contribution in [1.29, 1.82) is 0 Å². The molecule has 4 aromatic rings. The Bertz CT molecular complexity index is 1320. The van der Waals surface area contributed by atoms with E-state index in [4.69, 9.17) is 0 Å². The largest absolute Gasteiger partial charge is 0.330 e. The molecule has 0 aliphatic carbocycles. The summed E-state index contributed by atoms with van der Waals surface area (Å²) < 4.78 is 1.16. The number of fused-ring (bicyclic) bond motifs is 1. The van der Waals surface area contributed by atoms with Gasteiger partial charge in [0.1, 0.15) is 0 Å². The number of thiazole rings is 1. The van der Waals surface area contributed by atoms with E-state index >= 15 is 0 Å². The molecule has 32 heavy (non-hydrogen) atoms. The van der Waals surface area contributed by atoms with Gasteiger partial charge in [0.2, 0.25) is 11.0 Å². The Labute approximate surface area is 191 Å². The number of carbonyl (C=O) groups is 1. The standard InChI is InChI=1S/C17H11N7O5S3/c25-14(20-15-19-12-6-5-11(24(28)29)7-13(12)31-15)8-30-17-22-21-16(32-17)18-9-1-3-10(4-2-9)23(26)27/h1-7H,8H2,(H,18,21)(H,19,20,25). The fourth-order valence-corrected chi connectivity index (χ4v) is 4.96. The van der Waals surface area contributed by atoms with Gasteiger partial charge in [-0.05, 0) is 18.2 Å². The first-order valence-corrected chi connectivity index (χ1v) is 11.3. The van der Waals surface area contributed by atoms with Gasteiger partial charge in [-0.3, -0.25) is 25.0 Å². The van der Waals surface area contributed by atoms with Crippen molar-refractivity contribution < 1.29 is 14.6 Å². The van der Waals surface area contributed by atoms with Crippen molar-refractivity contribution in [3.05, 3.63) is 62.7 Å². The number of benzene rings is 2. The third-order valence-corrected chi connectivity index (χ3v) is 6.80. The van der Waals surface area contributed by atoms with Gasteiger partial charge in [-0.1, -0.05) is 34.4 Å². The van der Waals surface area contributed by atoms with Gasteiger partial charge < -0.3 is 10.6 Å². The summed E-state index contributed by atoms with van der Waals surface area (Å²) in [6.07, 6.45) is 0. The van der Waals surface area contributed by atoms with Crippen LogP contribution >= 0.6 is 34.4 Å². The van der Waals surface area contributed by atoms with Crippen LogP contribution in [-0.4, -0.2) is 36.7 Å². The molecule has 2 heterocycles. The predicted molar refractivity (Wildman–Crippen MR) is 122 cm³/mol. The SMILES string of the molecule is O=C(CSc1nnc(Nc2ccc([N+](=O)[O-])cc2)s1)Nc1nc2ccc([N+](=O)[O-])cc2s1. The van der Waals surface area contributed by atoms with Crippen molar-refractivity contribution in [2.24, 2.45) is 0 Å². The Kier molecular flexibility index (Phi) is 6.20. The zero-order valence-corrected chi connectivity index (χ0v) is 18.2. The molecule has 0 fully saturated rings. The minimum atomic E-state index is -0.485. The third-order valence-electron chi connectivity index (χ3n) is 3.89. The molecule has 0 atom stereocenters. The highest BCUT2D eigenvalue weighted by Gasteiger charge is 2.13. The summed E-state index contributed by atoms with van der Waals surface area (Å²) in [7, 11) is 0. The molecule has 0 radical (unpaired) electrons. The van der Waals surface area contributed by atoms with E-state index in [1.165, 1.54) is 53.4 Å². The highest BCUT2D eigenvalue weighted by Crippen LogP contribution is 2.31. The second-order valence-electron chi connectivity index (χ2n) is 6.07. The molecule has 2 aromatic heterocycles. The molecule has 0 bridgehead atoms. The minimum Gasteiger partial charge on any atom is -0.330 e. The van der Waals surface area contributed by atoms with Crippen LogP contribution in [0, 0.1) is 20.2 Å². The van der Waals surface area contributed by atoms with Crippen molar-refractivity contribution in [2.45, 2.75) is 4.34 Å². The summed E-state index contributed by atoms with van der Waals surface area (Å²) in [5.74, 6) is -0.231. The van der Waals surface area contributed by atoms with E-state index in [1.54, 1.807) is 12.1 Å². The van der Waals surface area contributed by atoms with Crippen LogP contribution in [0.25, 0.3) is 10.2 Å². The first kappa shape index (κ1) is 21.5. The van der Waals surface area contributed by atoms with Gasteiger partial charge in [-0.25, -0.2) is 4.98 Å². The van der Waals surface area contributed by atoms with Gasteiger partial charge in [0.25, 0.3) is 11.4 Å². The van der Waals surface area contributed by atoms with Crippen molar-refractivity contribution >= 4 is 77.9 Å². The number of nitro benzene ring substituents is 2. The highest BCUT2D eigenvalue weighted by molar-refractivity contribution is 8.01. The number of nitro groups is 2. The van der Waals surface area contributed by atoms with E-state index in [0.717, 1.165) is 11.3 Å². The maximum Gasteiger partial charge on any atom is 0.270 e. The molecule has 0 aliphatic heterocycles. The summed E-state index contributed by atoms with van der Waals surface area (Å²) in [4.78, 5) is 37.1. The molecule has 0 saturated carbocycles. The van der Waals surface area contributed by atoms with Gasteiger partial charge in [-0.2, -0.15) is 0 Å². The second kappa shape index (κ2) is 9.21. The molecule has 2 N–H and O–H groups in total. The summed E-state index contributed by atoms with van der Waals surface area (Å²) in [5.41, 5.74) is 1.14. The lowest BCUT2D eigenvalue weighted by Crippen LogP contribution is -2.13. The van der Waals surface area contributed by atoms with Crippen molar-refractivity contribution in [1.82, 2.24) is 15.2 Å². The molecule has 0 unspecified atom stereocenters. The molecule has 12 nitrogen and oxygen atoms in total. The number of anilines is 3. The zero-order chi connectivity index (χ0) is 22.7. The molecule has 15 heteroatoms. The zero-order valence-electron chi connectivity index (χ0n) is 15.8. The maximum atomic E-state index is 12.2. The van der Waals surface area contributed by atoms with Crippen LogP contribution in [0.3, 0.4) is 0 Å². The molecule has 0 saturated heterocycles. The summed E-state index contributed by atoms with van der Waals surface area (Å²) in [6, 6.07) is 10.2. The lowest BCUT2D eigenvalue weighted by atomic mass is 10.3. The Hall–Kier alpha value is -3.69. The predicted octanol–water partition coefficient (Wildman–Crippen LogP) is 4.44. The molecule has 162 valence electrons. The summed E-state index contributed by atoms with van der Waals surface area (Å²) in [6.45, 7) is 0. The van der Waals surface area contributed by atoms with E-state index in [2.05, 4.69) is 25.8 Å². The molecule has 0 spiro atoms. The molecule has 0 aliphatic rings. The number of aromatic nitrogens is 3. The normalized spacial score (nSPS) is 10.8. The monoisotopic (exact) mass is 489 g/mol. The fraction of sp³-hybridized carbons (Fsp3) is 0.0588. The lowest BCUT2D eigenvalue weighted by Gasteiger charge is -2.00. The van der Waals surface area contributed by atoms with Crippen molar-refractivity contribution in [3.8, 4) is 0 Å². The number of hydrogen-bond acceptors (Lipinski definition) is 12. The number of non-ortho nitro benzene ring substituents is 2. The van der Waals surface area contributed by atoms with Crippen LogP contribution in [0.4, 0.5) is 27.3 Å². The van der Waals surface area contributed by atoms with Crippen molar-refractivity contribution in [3.63, 3.8) is 0 Å². The number of nitrogens with one attached hydrogen (secondary N) is 2. The molecule has 2 aromatic carbocycles. The topological polar surface area (TPSA) is 166 Å². The molecule has 4 rings (SSSR count). The number of thioether (sulfide) groups is 1. The number of nitrogens with zero attached hydrogens (tertiary/aromatic N) is 5. The Morgan fingerprint density at radius 3 is 2.41 bits per heavy atom. The van der Waals surface area contributed by atoms with Gasteiger partial charge in [0.15, 0.2) is 9.47 Å².